The predicted octanol–water partition coefficient (Wildman–Crippen LogP) is 4.41. The second-order valence-electron chi connectivity index (χ2n) is 12.6. The van der Waals surface area contributed by atoms with Gasteiger partial charge >= 0.3 is 12.2 Å². The van der Waals surface area contributed by atoms with Crippen LogP contribution in [-0.2, 0) is 11.0 Å². The van der Waals surface area contributed by atoms with Crippen LogP contribution in [0.2, 0.25) is 0 Å². The number of carbonyl (C=O) groups excluding carboxylic acids is 1. The Morgan fingerprint density at radius 3 is 2.62 bits per heavy atom. The van der Waals surface area contributed by atoms with E-state index in [4.69, 9.17) is 4.74 Å². The third-order valence-corrected chi connectivity index (χ3v) is 9.42. The van der Waals surface area contributed by atoms with Gasteiger partial charge in [-0.05, 0) is 50.8 Å². The molecule has 1 amide bonds. The van der Waals surface area contributed by atoms with E-state index in [-0.39, 0.29) is 47.0 Å². The molecular formula is C30H33F5N8O2. The van der Waals surface area contributed by atoms with E-state index in [1.807, 2.05) is 4.90 Å². The third-order valence-electron chi connectivity index (χ3n) is 9.42. The second-order valence-corrected chi connectivity index (χ2v) is 12.6. The quantitative estimate of drug-likeness (QED) is 0.382. The van der Waals surface area contributed by atoms with Gasteiger partial charge in [0.05, 0.1) is 16.5 Å². The highest BCUT2D eigenvalue weighted by Gasteiger charge is 2.49. The lowest BCUT2D eigenvalue weighted by atomic mass is 9.95. The molecule has 4 aliphatic heterocycles. The first-order chi connectivity index (χ1) is 21.4. The monoisotopic (exact) mass is 632 g/mol. The summed E-state index contributed by atoms with van der Waals surface area (Å²) in [6.07, 6.45) is -0.695. The summed E-state index contributed by atoms with van der Waals surface area (Å²) in [5.41, 5.74) is -3.65. The zero-order chi connectivity index (χ0) is 31.7. The first-order valence-corrected chi connectivity index (χ1v) is 15.2. The van der Waals surface area contributed by atoms with Crippen molar-refractivity contribution in [2.24, 2.45) is 0 Å². The number of ether oxygens (including phenoxy) is 1. The Labute approximate surface area is 255 Å². The molecule has 4 saturated heterocycles. The van der Waals surface area contributed by atoms with Crippen molar-refractivity contribution in [2.75, 3.05) is 43.0 Å². The molecule has 3 aromatic rings. The van der Waals surface area contributed by atoms with Crippen LogP contribution >= 0.6 is 0 Å². The summed E-state index contributed by atoms with van der Waals surface area (Å²) in [6.45, 7) is 4.75. The molecule has 2 N–H and O–H groups in total. The number of aryl methyl sites for hydroxylation is 1. The van der Waals surface area contributed by atoms with Crippen LogP contribution in [-0.4, -0.2) is 87.3 Å². The second kappa shape index (κ2) is 11.0. The SMILES string of the molecule is CC(=O)Nc1cc(C)c(C(F)(F)F)c(-c2ncc3c(N4C[C@H]5CC[C@@H](C4)N5)nc(OC[C@@]45CCCN4C[C@H](F)C5)nc3c2F)n1. The number of pyridine rings is 2. The highest BCUT2D eigenvalue weighted by molar-refractivity contribution is 5.92. The summed E-state index contributed by atoms with van der Waals surface area (Å²) < 4.78 is 80.0. The summed E-state index contributed by atoms with van der Waals surface area (Å²) in [5.74, 6) is -1.47. The normalized spacial score (nSPS) is 26.5. The maximum Gasteiger partial charge on any atom is 0.418 e. The number of piperazine rings is 1. The fourth-order valence-corrected chi connectivity index (χ4v) is 7.56. The molecule has 10 nitrogen and oxygen atoms in total. The van der Waals surface area contributed by atoms with Gasteiger partial charge in [-0.15, -0.1) is 0 Å². The number of alkyl halides is 4. The van der Waals surface area contributed by atoms with Gasteiger partial charge < -0.3 is 20.3 Å². The van der Waals surface area contributed by atoms with Crippen LogP contribution in [0.4, 0.5) is 33.6 Å². The fourth-order valence-electron chi connectivity index (χ4n) is 7.56. The van der Waals surface area contributed by atoms with Crippen molar-refractivity contribution < 1.29 is 31.5 Å². The number of halogens is 5. The summed E-state index contributed by atoms with van der Waals surface area (Å²) in [4.78, 5) is 32.9. The number of rotatable bonds is 6. The summed E-state index contributed by atoms with van der Waals surface area (Å²) in [5, 5.41) is 6.13. The van der Waals surface area contributed by atoms with Crippen LogP contribution in [0.3, 0.4) is 0 Å². The molecule has 7 rings (SSSR count). The van der Waals surface area contributed by atoms with Crippen molar-refractivity contribution in [1.29, 1.82) is 0 Å². The molecular weight excluding hydrogens is 599 g/mol. The van der Waals surface area contributed by atoms with Crippen LogP contribution in [0.15, 0.2) is 12.3 Å². The minimum atomic E-state index is -4.89. The molecule has 0 aromatic carbocycles. The maximum absolute atomic E-state index is 16.6. The van der Waals surface area contributed by atoms with Gasteiger partial charge in [-0.3, -0.25) is 14.7 Å². The molecule has 0 saturated carbocycles. The van der Waals surface area contributed by atoms with Crippen molar-refractivity contribution in [3.8, 4) is 17.4 Å². The van der Waals surface area contributed by atoms with E-state index in [0.29, 0.717) is 31.9 Å². The Bertz CT molecular complexity index is 1660. The average molecular weight is 633 g/mol. The Kier molecular flexibility index (Phi) is 7.30. The zero-order valence-corrected chi connectivity index (χ0v) is 24.8. The van der Waals surface area contributed by atoms with Gasteiger partial charge in [0.25, 0.3) is 0 Å². The number of aromatic nitrogens is 4. The minimum Gasteiger partial charge on any atom is -0.461 e. The van der Waals surface area contributed by atoms with E-state index in [0.717, 1.165) is 38.3 Å². The van der Waals surface area contributed by atoms with E-state index >= 15 is 4.39 Å². The molecule has 4 fully saturated rings. The number of carbonyl (C=O) groups is 1. The molecule has 0 spiro atoms. The smallest absolute Gasteiger partial charge is 0.418 e. The van der Waals surface area contributed by atoms with Crippen LogP contribution < -0.4 is 20.3 Å². The molecule has 3 aromatic heterocycles. The Morgan fingerprint density at radius 1 is 1.16 bits per heavy atom. The van der Waals surface area contributed by atoms with Gasteiger partial charge in [-0.25, -0.2) is 13.8 Å². The molecule has 7 heterocycles. The standard InChI is InChI=1S/C30H33F5N8O2/c1-15-8-21(37-16(2)44)39-25(22(15)30(33,34)35)26-23(32)24-20(10-36-26)27(42-12-18-4-5-19(13-42)38-18)41-28(40-24)45-14-29-6-3-7-43(29)11-17(31)9-29/h8,10,17-19,38H,3-7,9,11-14H2,1-2H3,(H,37,39,44)/t17-,18-,19+,29+/m1/s1. The summed E-state index contributed by atoms with van der Waals surface area (Å²) >= 11 is 0. The maximum atomic E-state index is 16.6. The van der Waals surface area contributed by atoms with E-state index in [9.17, 15) is 22.4 Å². The Morgan fingerprint density at radius 2 is 1.91 bits per heavy atom. The lowest BCUT2D eigenvalue weighted by molar-refractivity contribution is -0.137. The predicted molar refractivity (Wildman–Crippen MR) is 155 cm³/mol. The van der Waals surface area contributed by atoms with Gasteiger partial charge in [-0.1, -0.05) is 0 Å². The lowest BCUT2D eigenvalue weighted by Gasteiger charge is -2.34. The molecule has 2 bridgehead atoms. The molecule has 4 aliphatic rings. The van der Waals surface area contributed by atoms with Crippen LogP contribution in [0.25, 0.3) is 22.3 Å². The zero-order valence-electron chi connectivity index (χ0n) is 24.8. The van der Waals surface area contributed by atoms with E-state index in [1.54, 1.807) is 0 Å². The lowest BCUT2D eigenvalue weighted by Crippen LogP contribution is -2.51. The molecule has 0 unspecified atom stereocenters. The first kappa shape index (κ1) is 30.0. The van der Waals surface area contributed by atoms with Crippen molar-refractivity contribution in [3.63, 3.8) is 0 Å². The molecule has 240 valence electrons. The number of anilines is 2. The van der Waals surface area contributed by atoms with Crippen molar-refractivity contribution >= 4 is 28.4 Å². The summed E-state index contributed by atoms with van der Waals surface area (Å²) in [6, 6.07) is 1.35. The van der Waals surface area contributed by atoms with Crippen LogP contribution in [0.1, 0.15) is 50.2 Å². The van der Waals surface area contributed by atoms with Crippen molar-refractivity contribution in [1.82, 2.24) is 30.2 Å². The highest BCUT2D eigenvalue weighted by atomic mass is 19.4. The first-order valence-electron chi connectivity index (χ1n) is 15.2. The van der Waals surface area contributed by atoms with E-state index in [1.165, 1.54) is 20.0 Å². The third kappa shape index (κ3) is 5.43. The molecule has 45 heavy (non-hydrogen) atoms. The highest BCUT2D eigenvalue weighted by Crippen LogP contribution is 2.43. The van der Waals surface area contributed by atoms with Gasteiger partial charge in [0.2, 0.25) is 5.91 Å². The number of nitrogens with one attached hydrogen (secondary N) is 2. The van der Waals surface area contributed by atoms with Crippen molar-refractivity contribution in [2.45, 2.75) is 75.9 Å². The number of fused-ring (bicyclic) bond motifs is 4. The fraction of sp³-hybridized carbons (Fsp3) is 0.567. The van der Waals surface area contributed by atoms with Gasteiger partial charge in [0, 0.05) is 51.3 Å². The van der Waals surface area contributed by atoms with Crippen LogP contribution in [0, 0.1) is 12.7 Å². The molecule has 0 aliphatic carbocycles. The minimum absolute atomic E-state index is 0.0997. The van der Waals surface area contributed by atoms with E-state index < -0.39 is 46.6 Å². The Hall–Kier alpha value is -3.72. The van der Waals surface area contributed by atoms with E-state index in [2.05, 4.69) is 35.5 Å². The van der Waals surface area contributed by atoms with Crippen molar-refractivity contribution in [3.05, 3.63) is 29.2 Å². The summed E-state index contributed by atoms with van der Waals surface area (Å²) in [7, 11) is 0. The van der Waals surface area contributed by atoms with Crippen LogP contribution in [0.5, 0.6) is 6.01 Å². The number of hydrogen-bond donors (Lipinski definition) is 2. The topological polar surface area (TPSA) is 108 Å². The Balaban J connectivity index is 1.35. The molecule has 15 heteroatoms. The van der Waals surface area contributed by atoms with Gasteiger partial charge in [0.1, 0.15) is 41.3 Å². The largest absolute Gasteiger partial charge is 0.461 e. The average Bonchev–Trinajstić information content (AvgIpc) is 3.60. The van der Waals surface area contributed by atoms with Gasteiger partial charge in [0.15, 0.2) is 5.82 Å². The van der Waals surface area contributed by atoms with Gasteiger partial charge in [-0.2, -0.15) is 23.1 Å². The number of hydrogen-bond acceptors (Lipinski definition) is 9. The number of nitrogens with zero attached hydrogens (tertiary/aromatic N) is 6. The molecule has 4 atom stereocenters. The number of amides is 1. The molecule has 0 radical (unpaired) electrons.